The minimum Gasteiger partial charge on any atom is -0.373 e. The van der Waals surface area contributed by atoms with Crippen molar-refractivity contribution < 1.29 is 4.74 Å². The summed E-state index contributed by atoms with van der Waals surface area (Å²) in [7, 11) is 0. The second-order valence-electron chi connectivity index (χ2n) is 5.50. The fourth-order valence-electron chi connectivity index (χ4n) is 2.28. The minimum absolute atomic E-state index is 0.714. The van der Waals surface area contributed by atoms with Gasteiger partial charge in [-0.15, -0.1) is 0 Å². The molecule has 21 heavy (non-hydrogen) atoms. The van der Waals surface area contributed by atoms with E-state index in [1.54, 1.807) is 0 Å². The van der Waals surface area contributed by atoms with E-state index in [-0.39, 0.29) is 0 Å². The van der Waals surface area contributed by atoms with Crippen LogP contribution in [0, 0.1) is 0 Å². The highest BCUT2D eigenvalue weighted by Gasteiger charge is 1.94. The molecule has 0 aliphatic rings. The Morgan fingerprint density at radius 3 is 2.57 bits per heavy atom. The summed E-state index contributed by atoms with van der Waals surface area (Å²) >= 11 is 2.39. The lowest BCUT2D eigenvalue weighted by molar-refractivity contribution is 0.148. The maximum absolute atomic E-state index is 5.69. The average molecular weight is 400 g/mol. The first-order valence-corrected chi connectivity index (χ1v) is 9.76. The van der Waals surface area contributed by atoms with Crippen LogP contribution in [0.25, 0.3) is 0 Å². The van der Waals surface area contributed by atoms with Crippen molar-refractivity contribution in [2.45, 2.75) is 62.9 Å². The van der Waals surface area contributed by atoms with Crippen LogP contribution in [0.5, 0.6) is 0 Å². The highest BCUT2D eigenvalue weighted by atomic mass is 127. The molecule has 1 aromatic carbocycles. The van der Waals surface area contributed by atoms with Gasteiger partial charge >= 0.3 is 0 Å². The van der Waals surface area contributed by atoms with Gasteiger partial charge < -0.3 is 4.74 Å². The maximum atomic E-state index is 5.69. The largest absolute Gasteiger partial charge is 0.373 e. The van der Waals surface area contributed by atoms with Crippen molar-refractivity contribution in [3.63, 3.8) is 0 Å². The van der Waals surface area contributed by atoms with Gasteiger partial charge in [-0.25, -0.2) is 0 Å². The summed E-state index contributed by atoms with van der Waals surface area (Å²) in [6, 6.07) is 8.64. The number of rotatable bonds is 12. The van der Waals surface area contributed by atoms with Gasteiger partial charge in [0.05, 0.1) is 13.2 Å². The van der Waals surface area contributed by atoms with Crippen LogP contribution < -0.4 is 0 Å². The van der Waals surface area contributed by atoms with Crippen LogP contribution in [-0.4, -0.2) is 6.61 Å². The number of allylic oxidation sites excluding steroid dienone is 1. The Balaban J connectivity index is 1.99. The van der Waals surface area contributed by atoms with Crippen molar-refractivity contribution in [3.8, 4) is 0 Å². The first kappa shape index (κ1) is 18.7. The lowest BCUT2D eigenvalue weighted by Crippen LogP contribution is -1.93. The van der Waals surface area contributed by atoms with Gasteiger partial charge in [0.2, 0.25) is 0 Å². The van der Waals surface area contributed by atoms with Gasteiger partial charge in [-0.1, -0.05) is 98.0 Å². The van der Waals surface area contributed by atoms with E-state index in [1.807, 2.05) is 0 Å². The zero-order chi connectivity index (χ0) is 15.2. The summed E-state index contributed by atoms with van der Waals surface area (Å²) in [4.78, 5) is 0. The fourth-order valence-corrected chi connectivity index (χ4v) is 2.75. The van der Waals surface area contributed by atoms with Crippen LogP contribution in [0.15, 0.2) is 36.4 Å². The Bertz CT molecular complexity index is 387. The highest BCUT2D eigenvalue weighted by molar-refractivity contribution is 14.1. The molecule has 0 bridgehead atoms. The van der Waals surface area contributed by atoms with Crippen LogP contribution in [0.3, 0.4) is 0 Å². The smallest absolute Gasteiger partial charge is 0.0721 e. The zero-order valence-electron chi connectivity index (χ0n) is 13.3. The molecule has 0 saturated carbocycles. The van der Waals surface area contributed by atoms with E-state index in [2.05, 4.69) is 65.9 Å². The molecule has 0 aliphatic carbocycles. The predicted octanol–water partition coefficient (Wildman–Crippen LogP) is 6.45. The molecule has 0 saturated heterocycles. The summed E-state index contributed by atoms with van der Waals surface area (Å²) in [5, 5.41) is 0. The molecule has 0 spiro atoms. The van der Waals surface area contributed by atoms with E-state index in [0.29, 0.717) is 6.61 Å². The molecule has 0 radical (unpaired) electrons. The van der Waals surface area contributed by atoms with Gasteiger partial charge in [-0.05, 0) is 24.0 Å². The molecule has 0 aromatic heterocycles. The Morgan fingerprint density at radius 2 is 1.76 bits per heavy atom. The summed E-state index contributed by atoms with van der Waals surface area (Å²) in [5.41, 5.74) is 2.64. The van der Waals surface area contributed by atoms with E-state index >= 15 is 0 Å². The molecular formula is C19H29IO. The number of hydrogen-bond acceptors (Lipinski definition) is 1. The molecular weight excluding hydrogens is 371 g/mol. The Hall–Kier alpha value is -0.350. The second kappa shape index (κ2) is 13.3. The lowest BCUT2D eigenvalue weighted by atomic mass is 10.1. The average Bonchev–Trinajstić information content (AvgIpc) is 2.53. The Morgan fingerprint density at radius 1 is 1.00 bits per heavy atom. The van der Waals surface area contributed by atoms with E-state index in [4.69, 9.17) is 4.74 Å². The maximum Gasteiger partial charge on any atom is 0.0721 e. The van der Waals surface area contributed by atoms with Crippen molar-refractivity contribution >= 4 is 22.6 Å². The quantitative estimate of drug-likeness (QED) is 0.170. The predicted molar refractivity (Wildman–Crippen MR) is 101 cm³/mol. The first-order valence-electron chi connectivity index (χ1n) is 8.23. The first-order chi connectivity index (χ1) is 10.4. The topological polar surface area (TPSA) is 9.23 Å². The Labute approximate surface area is 144 Å². The summed E-state index contributed by atoms with van der Waals surface area (Å²) in [6.07, 6.45) is 13.8. The van der Waals surface area contributed by atoms with Crippen LogP contribution in [0.1, 0.15) is 63.0 Å². The number of alkyl halides is 1. The normalized spacial score (nSPS) is 11.3. The molecule has 0 heterocycles. The van der Waals surface area contributed by atoms with Crippen molar-refractivity contribution in [2.75, 3.05) is 6.61 Å². The van der Waals surface area contributed by atoms with E-state index < -0.39 is 0 Å². The number of hydrogen-bond donors (Lipinski definition) is 0. The van der Waals surface area contributed by atoms with Gasteiger partial charge in [-0.2, -0.15) is 0 Å². The van der Waals surface area contributed by atoms with Crippen LogP contribution in [0.4, 0.5) is 0 Å². The van der Waals surface area contributed by atoms with Gasteiger partial charge in [0.1, 0.15) is 0 Å². The molecule has 1 rings (SSSR count). The number of benzene rings is 1. The van der Waals surface area contributed by atoms with Crippen LogP contribution in [0.2, 0.25) is 0 Å². The fraction of sp³-hybridized carbons (Fsp3) is 0.579. The van der Waals surface area contributed by atoms with Crippen molar-refractivity contribution in [2.24, 2.45) is 0 Å². The van der Waals surface area contributed by atoms with E-state index in [9.17, 15) is 0 Å². The monoisotopic (exact) mass is 400 g/mol. The molecule has 0 unspecified atom stereocenters. The Kier molecular flexibility index (Phi) is 11.9. The number of ether oxygens (including phenoxy) is 1. The van der Waals surface area contributed by atoms with E-state index in [1.165, 1.54) is 56.1 Å². The van der Waals surface area contributed by atoms with Gasteiger partial charge in [0.25, 0.3) is 0 Å². The van der Waals surface area contributed by atoms with E-state index in [0.717, 1.165) is 11.0 Å². The summed E-state index contributed by atoms with van der Waals surface area (Å²) in [5.74, 6) is 0. The summed E-state index contributed by atoms with van der Waals surface area (Å²) in [6.45, 7) is 3.71. The molecule has 0 fully saturated rings. The lowest BCUT2D eigenvalue weighted by Gasteiger charge is -2.03. The molecule has 2 heteroatoms. The molecule has 0 aliphatic heterocycles. The van der Waals surface area contributed by atoms with Crippen molar-refractivity contribution in [3.05, 3.63) is 47.5 Å². The summed E-state index contributed by atoms with van der Waals surface area (Å²) < 4.78 is 6.75. The molecule has 0 atom stereocenters. The number of unbranched alkanes of at least 4 members (excludes halogenated alkanes) is 6. The van der Waals surface area contributed by atoms with Gasteiger partial charge in [0.15, 0.2) is 0 Å². The third kappa shape index (κ3) is 10.1. The molecule has 0 N–H and O–H groups in total. The molecule has 1 nitrogen and oxygen atoms in total. The third-order valence-electron chi connectivity index (χ3n) is 3.52. The molecule has 0 amide bonds. The molecule has 1 aromatic rings. The van der Waals surface area contributed by atoms with Crippen LogP contribution >= 0.6 is 22.6 Å². The van der Waals surface area contributed by atoms with Crippen molar-refractivity contribution in [1.29, 1.82) is 0 Å². The highest BCUT2D eigenvalue weighted by Crippen LogP contribution is 2.10. The second-order valence-corrected chi connectivity index (χ2v) is 6.26. The standard InChI is InChI=1S/C19H29IO/c1-2-3-4-5-6-7-8-9-10-14-21-17-19-13-11-12-18(15-19)16-20/h9-13,15H,2-8,14,16-17H2,1H3. The van der Waals surface area contributed by atoms with Crippen LogP contribution in [-0.2, 0) is 15.8 Å². The zero-order valence-corrected chi connectivity index (χ0v) is 15.5. The van der Waals surface area contributed by atoms with Gasteiger partial charge in [-0.3, -0.25) is 0 Å². The van der Waals surface area contributed by atoms with Crippen molar-refractivity contribution in [1.82, 2.24) is 0 Å². The SMILES string of the molecule is CCCCCCCCC=CCOCc1cccc(CI)c1. The molecule has 118 valence electrons. The minimum atomic E-state index is 0.714. The van der Waals surface area contributed by atoms with Gasteiger partial charge in [0, 0.05) is 4.43 Å². The third-order valence-corrected chi connectivity index (χ3v) is 4.40. The number of halogens is 1.